The molecule has 0 aliphatic heterocycles. The summed E-state index contributed by atoms with van der Waals surface area (Å²) in [6.45, 7) is 0. The highest BCUT2D eigenvalue weighted by Crippen LogP contribution is 2.28. The van der Waals surface area contributed by atoms with Gasteiger partial charge in [-0.15, -0.1) is 11.6 Å². The third kappa shape index (κ3) is 2.08. The molecule has 0 radical (unpaired) electrons. The Hall–Kier alpha value is -0.440. The fraction of sp³-hybridized carbons (Fsp3) is 0.125. The van der Waals surface area contributed by atoms with E-state index < -0.39 is 5.97 Å². The Labute approximate surface area is 90.0 Å². The van der Waals surface area contributed by atoms with E-state index in [1.54, 1.807) is 6.07 Å². The second-order valence-corrected chi connectivity index (χ2v) is 3.39. The van der Waals surface area contributed by atoms with E-state index in [0.29, 0.717) is 5.56 Å². The minimum Gasteiger partial charge on any atom is -0.478 e. The Morgan fingerprint density at radius 2 is 2.00 bits per heavy atom. The van der Waals surface area contributed by atoms with Crippen LogP contribution in [0.15, 0.2) is 12.1 Å². The van der Waals surface area contributed by atoms with Gasteiger partial charge in [0.05, 0.1) is 15.6 Å². The van der Waals surface area contributed by atoms with Crippen LogP contribution in [0, 0.1) is 0 Å². The Morgan fingerprint density at radius 1 is 1.38 bits per heavy atom. The lowest BCUT2D eigenvalue weighted by molar-refractivity contribution is 0.0697. The number of carboxylic acid groups (broad SMARTS) is 1. The molecule has 1 aromatic rings. The average Bonchev–Trinajstić information content (AvgIpc) is 2.04. The van der Waals surface area contributed by atoms with Crippen LogP contribution in [0.5, 0.6) is 0 Å². The maximum absolute atomic E-state index is 10.7. The van der Waals surface area contributed by atoms with Crippen LogP contribution in [0.25, 0.3) is 0 Å². The van der Waals surface area contributed by atoms with Crippen LogP contribution < -0.4 is 0 Å². The molecule has 0 amide bonds. The summed E-state index contributed by atoms with van der Waals surface area (Å²) in [4.78, 5) is 10.7. The molecule has 0 aliphatic rings. The van der Waals surface area contributed by atoms with Crippen LogP contribution >= 0.6 is 34.8 Å². The van der Waals surface area contributed by atoms with Crippen LogP contribution in [-0.4, -0.2) is 11.1 Å². The Morgan fingerprint density at radius 3 is 2.46 bits per heavy atom. The van der Waals surface area contributed by atoms with Crippen LogP contribution in [0.2, 0.25) is 10.0 Å². The molecule has 0 unspecified atom stereocenters. The van der Waals surface area contributed by atoms with Gasteiger partial charge in [0.1, 0.15) is 0 Å². The summed E-state index contributed by atoms with van der Waals surface area (Å²) in [5.41, 5.74) is 0.464. The van der Waals surface area contributed by atoms with Crippen molar-refractivity contribution in [2.45, 2.75) is 5.88 Å². The summed E-state index contributed by atoms with van der Waals surface area (Å²) >= 11 is 16.9. The van der Waals surface area contributed by atoms with Crippen LogP contribution in [0.4, 0.5) is 0 Å². The Balaban J connectivity index is 3.38. The molecule has 0 aliphatic carbocycles. The Bertz CT molecular complexity index is 349. The molecule has 0 saturated heterocycles. The molecular formula is C8H5Cl3O2. The first-order valence-electron chi connectivity index (χ1n) is 3.34. The number of hydrogen-bond acceptors (Lipinski definition) is 1. The fourth-order valence-corrected chi connectivity index (χ4v) is 1.79. The molecule has 1 N–H and O–H groups in total. The van der Waals surface area contributed by atoms with Crippen LogP contribution in [0.1, 0.15) is 15.9 Å². The highest BCUT2D eigenvalue weighted by molar-refractivity contribution is 6.40. The van der Waals surface area contributed by atoms with Crippen molar-refractivity contribution in [1.29, 1.82) is 0 Å². The lowest BCUT2D eigenvalue weighted by Gasteiger charge is -2.05. The lowest BCUT2D eigenvalue weighted by atomic mass is 10.1. The zero-order chi connectivity index (χ0) is 10.0. The minimum absolute atomic E-state index is 0.0958. The minimum atomic E-state index is -1.15. The number of rotatable bonds is 2. The first-order valence-corrected chi connectivity index (χ1v) is 4.63. The maximum atomic E-state index is 10.7. The van der Waals surface area contributed by atoms with Gasteiger partial charge in [0.2, 0.25) is 0 Å². The molecule has 0 spiro atoms. The first kappa shape index (κ1) is 10.6. The quantitative estimate of drug-likeness (QED) is 0.803. The van der Waals surface area contributed by atoms with Crippen molar-refractivity contribution in [3.8, 4) is 0 Å². The summed E-state index contributed by atoms with van der Waals surface area (Å²) in [5.74, 6) is -0.988. The SMILES string of the molecule is O=C(O)c1c(Cl)ccc(CCl)c1Cl. The summed E-state index contributed by atoms with van der Waals surface area (Å²) in [6, 6.07) is 3.07. The number of carbonyl (C=O) groups is 1. The van der Waals surface area contributed by atoms with E-state index in [1.807, 2.05) is 0 Å². The molecule has 70 valence electrons. The zero-order valence-corrected chi connectivity index (χ0v) is 8.62. The molecular weight excluding hydrogens is 234 g/mol. The number of halogens is 3. The number of hydrogen-bond donors (Lipinski definition) is 1. The highest BCUT2D eigenvalue weighted by Gasteiger charge is 2.15. The number of alkyl halides is 1. The van der Waals surface area contributed by atoms with E-state index in [9.17, 15) is 4.79 Å². The predicted octanol–water partition coefficient (Wildman–Crippen LogP) is 3.43. The Kier molecular flexibility index (Phi) is 3.42. The van der Waals surface area contributed by atoms with E-state index >= 15 is 0 Å². The van der Waals surface area contributed by atoms with Gasteiger partial charge >= 0.3 is 5.97 Å². The normalized spacial score (nSPS) is 10.1. The topological polar surface area (TPSA) is 37.3 Å². The molecule has 0 aromatic heterocycles. The first-order chi connectivity index (χ1) is 6.07. The van der Waals surface area contributed by atoms with Crippen molar-refractivity contribution >= 4 is 40.8 Å². The van der Waals surface area contributed by atoms with Crippen LogP contribution in [-0.2, 0) is 5.88 Å². The van der Waals surface area contributed by atoms with Crippen molar-refractivity contribution < 1.29 is 9.90 Å². The summed E-state index contributed by atoms with van der Waals surface area (Å²) in [7, 11) is 0. The molecule has 0 atom stereocenters. The largest absolute Gasteiger partial charge is 0.478 e. The average molecular weight is 239 g/mol. The van der Waals surface area contributed by atoms with E-state index in [-0.39, 0.29) is 21.5 Å². The molecule has 0 fully saturated rings. The maximum Gasteiger partial charge on any atom is 0.338 e. The van der Waals surface area contributed by atoms with E-state index in [4.69, 9.17) is 39.9 Å². The van der Waals surface area contributed by atoms with E-state index in [0.717, 1.165) is 0 Å². The predicted molar refractivity (Wildman–Crippen MR) is 53.0 cm³/mol. The van der Waals surface area contributed by atoms with Gasteiger partial charge in [-0.05, 0) is 11.6 Å². The summed E-state index contributed by atoms with van der Waals surface area (Å²) in [6.07, 6.45) is 0. The van der Waals surface area contributed by atoms with Crippen molar-refractivity contribution in [2.24, 2.45) is 0 Å². The van der Waals surface area contributed by atoms with Crippen molar-refractivity contribution in [2.75, 3.05) is 0 Å². The van der Waals surface area contributed by atoms with Gasteiger partial charge in [-0.1, -0.05) is 29.3 Å². The molecule has 0 bridgehead atoms. The van der Waals surface area contributed by atoms with Gasteiger partial charge in [-0.25, -0.2) is 4.79 Å². The summed E-state index contributed by atoms with van der Waals surface area (Å²) < 4.78 is 0. The van der Waals surface area contributed by atoms with E-state index in [2.05, 4.69) is 0 Å². The molecule has 5 heteroatoms. The van der Waals surface area contributed by atoms with Gasteiger partial charge in [-0.3, -0.25) is 0 Å². The summed E-state index contributed by atoms with van der Waals surface area (Å²) in [5, 5.41) is 8.98. The second kappa shape index (κ2) is 4.18. The third-order valence-corrected chi connectivity index (χ3v) is 2.56. The van der Waals surface area contributed by atoms with Gasteiger partial charge in [0.25, 0.3) is 0 Å². The zero-order valence-electron chi connectivity index (χ0n) is 6.35. The smallest absolute Gasteiger partial charge is 0.338 e. The number of carboxylic acids is 1. The molecule has 1 aromatic carbocycles. The van der Waals surface area contributed by atoms with Gasteiger partial charge < -0.3 is 5.11 Å². The number of aromatic carboxylic acids is 1. The highest BCUT2D eigenvalue weighted by atomic mass is 35.5. The molecule has 13 heavy (non-hydrogen) atoms. The molecule has 0 saturated carbocycles. The monoisotopic (exact) mass is 238 g/mol. The number of benzene rings is 1. The van der Waals surface area contributed by atoms with Gasteiger partial charge in [0.15, 0.2) is 0 Å². The van der Waals surface area contributed by atoms with Gasteiger partial charge in [-0.2, -0.15) is 0 Å². The van der Waals surface area contributed by atoms with Gasteiger partial charge in [0, 0.05) is 5.88 Å². The standard InChI is InChI=1S/C8H5Cl3O2/c9-3-4-1-2-5(10)6(7(4)11)8(12)13/h1-2H,3H2,(H,12,13). The van der Waals surface area contributed by atoms with Crippen LogP contribution in [0.3, 0.4) is 0 Å². The third-order valence-electron chi connectivity index (χ3n) is 1.53. The van der Waals surface area contributed by atoms with Crippen molar-refractivity contribution in [3.63, 3.8) is 0 Å². The molecule has 1 rings (SSSR count). The fourth-order valence-electron chi connectivity index (χ4n) is 0.895. The van der Waals surface area contributed by atoms with Crippen molar-refractivity contribution in [1.82, 2.24) is 0 Å². The van der Waals surface area contributed by atoms with E-state index in [1.165, 1.54) is 6.07 Å². The second-order valence-electron chi connectivity index (χ2n) is 2.33. The molecule has 2 nitrogen and oxygen atoms in total. The van der Waals surface area contributed by atoms with Crippen molar-refractivity contribution in [3.05, 3.63) is 33.3 Å². The lowest BCUT2D eigenvalue weighted by Crippen LogP contribution is -2.00. The molecule has 0 heterocycles.